The third kappa shape index (κ3) is 5.88. The van der Waals surface area contributed by atoms with Gasteiger partial charge in [0.1, 0.15) is 0 Å². The highest BCUT2D eigenvalue weighted by atomic mass is 32.2. The lowest BCUT2D eigenvalue weighted by molar-refractivity contribution is 0.378. The van der Waals surface area contributed by atoms with E-state index in [1.807, 2.05) is 0 Å². The van der Waals surface area contributed by atoms with Gasteiger partial charge in [-0.3, -0.25) is 0 Å². The average Bonchev–Trinajstić information content (AvgIpc) is 2.14. The molecule has 0 aromatic heterocycles. The summed E-state index contributed by atoms with van der Waals surface area (Å²) in [4.78, 5) is 0. The van der Waals surface area contributed by atoms with Crippen molar-refractivity contribution in [3.8, 4) is 0 Å². The minimum Gasteiger partial charge on any atom is -0.154 e. The van der Waals surface area contributed by atoms with Crippen molar-refractivity contribution >= 4 is 11.8 Å². The van der Waals surface area contributed by atoms with Crippen molar-refractivity contribution < 1.29 is 0 Å². The number of rotatable bonds is 4. The summed E-state index contributed by atoms with van der Waals surface area (Å²) in [6.45, 7) is 9.27. The van der Waals surface area contributed by atoms with Gasteiger partial charge in [0.2, 0.25) is 0 Å². The summed E-state index contributed by atoms with van der Waals surface area (Å²) < 4.78 is 0. The molecule has 1 rings (SSSR count). The predicted molar refractivity (Wildman–Crippen MR) is 71.3 cm³/mol. The van der Waals surface area contributed by atoms with Gasteiger partial charge in [0.25, 0.3) is 0 Å². The molecular weight excluding hydrogens is 200 g/mol. The molecule has 0 radical (unpaired) electrons. The van der Waals surface area contributed by atoms with E-state index in [-0.39, 0.29) is 0 Å². The van der Waals surface area contributed by atoms with Gasteiger partial charge in [0.15, 0.2) is 0 Å². The monoisotopic (exact) mass is 222 g/mol. The Morgan fingerprint density at radius 1 is 1.13 bits per heavy atom. The lowest BCUT2D eigenvalue weighted by atomic mass is 9.91. The van der Waals surface area contributed by atoms with E-state index in [0.717, 1.165) is 11.0 Å². The van der Waals surface area contributed by atoms with E-state index in [9.17, 15) is 0 Å². The van der Waals surface area contributed by atoms with E-state index in [1.165, 1.54) is 12.0 Å². The van der Waals surface area contributed by atoms with E-state index < -0.39 is 0 Å². The molecule has 0 spiro atoms. The molecule has 0 aliphatic heterocycles. The molecular formula is C14H22S. The van der Waals surface area contributed by atoms with Gasteiger partial charge in [-0.25, -0.2) is 0 Å². The molecule has 0 heterocycles. The molecule has 0 aliphatic rings. The average molecular weight is 222 g/mol. The molecule has 0 amide bonds. The van der Waals surface area contributed by atoms with E-state index in [4.69, 9.17) is 0 Å². The Bertz CT molecular complexity index is 271. The summed E-state index contributed by atoms with van der Waals surface area (Å²) in [6, 6.07) is 10.7. The van der Waals surface area contributed by atoms with E-state index in [2.05, 4.69) is 69.8 Å². The maximum Gasteiger partial charge on any atom is 0.0187 e. The highest BCUT2D eigenvalue weighted by Crippen LogP contribution is 2.29. The van der Waals surface area contributed by atoms with Gasteiger partial charge >= 0.3 is 0 Å². The number of benzene rings is 1. The Kier molecular flexibility index (Phi) is 4.72. The Hall–Kier alpha value is -0.430. The summed E-state index contributed by atoms with van der Waals surface area (Å²) >= 11 is 2.06. The molecule has 1 atom stereocenters. The number of hydrogen-bond acceptors (Lipinski definition) is 1. The molecule has 0 aliphatic carbocycles. The second kappa shape index (κ2) is 5.60. The zero-order chi connectivity index (χ0) is 11.3. The first-order valence-corrected chi connectivity index (χ1v) is 6.68. The Morgan fingerprint density at radius 2 is 1.73 bits per heavy atom. The minimum atomic E-state index is 0.448. The van der Waals surface area contributed by atoms with Gasteiger partial charge in [-0.2, -0.15) is 11.8 Å². The van der Waals surface area contributed by atoms with E-state index in [1.54, 1.807) is 0 Å². The van der Waals surface area contributed by atoms with Crippen molar-refractivity contribution in [3.05, 3.63) is 35.9 Å². The Labute approximate surface area is 98.5 Å². The summed E-state index contributed by atoms with van der Waals surface area (Å²) in [7, 11) is 0. The topological polar surface area (TPSA) is 0 Å². The van der Waals surface area contributed by atoms with Crippen molar-refractivity contribution in [2.75, 3.05) is 0 Å². The molecule has 1 aromatic carbocycles. The maximum atomic E-state index is 2.33. The molecule has 84 valence electrons. The van der Waals surface area contributed by atoms with Crippen LogP contribution in [0.25, 0.3) is 0 Å². The largest absolute Gasteiger partial charge is 0.154 e. The summed E-state index contributed by atoms with van der Waals surface area (Å²) in [5.41, 5.74) is 1.88. The van der Waals surface area contributed by atoms with Gasteiger partial charge in [0.05, 0.1) is 0 Å². The zero-order valence-electron chi connectivity index (χ0n) is 10.3. The SMILES string of the molecule is CC(CC(C)(C)C)SCc1ccccc1. The van der Waals surface area contributed by atoms with Crippen molar-refractivity contribution in [1.29, 1.82) is 0 Å². The second-order valence-electron chi connectivity index (χ2n) is 5.37. The summed E-state index contributed by atoms with van der Waals surface area (Å²) in [6.07, 6.45) is 1.28. The van der Waals surface area contributed by atoms with Gasteiger partial charge in [-0.05, 0) is 17.4 Å². The molecule has 0 saturated heterocycles. The van der Waals surface area contributed by atoms with Crippen molar-refractivity contribution in [2.24, 2.45) is 5.41 Å². The van der Waals surface area contributed by atoms with Gasteiger partial charge in [-0.1, -0.05) is 58.0 Å². The van der Waals surface area contributed by atoms with E-state index >= 15 is 0 Å². The van der Waals surface area contributed by atoms with Gasteiger partial charge in [0, 0.05) is 11.0 Å². The van der Waals surface area contributed by atoms with Crippen molar-refractivity contribution in [2.45, 2.75) is 45.1 Å². The van der Waals surface area contributed by atoms with Crippen LogP contribution in [0.4, 0.5) is 0 Å². The molecule has 0 N–H and O–H groups in total. The third-order valence-electron chi connectivity index (χ3n) is 2.28. The minimum absolute atomic E-state index is 0.448. The molecule has 15 heavy (non-hydrogen) atoms. The first kappa shape index (κ1) is 12.6. The fraction of sp³-hybridized carbons (Fsp3) is 0.571. The first-order chi connectivity index (χ1) is 6.97. The number of hydrogen-bond donors (Lipinski definition) is 0. The molecule has 0 saturated carbocycles. The van der Waals surface area contributed by atoms with Crippen LogP contribution in [-0.4, -0.2) is 5.25 Å². The van der Waals surface area contributed by atoms with E-state index in [0.29, 0.717) is 5.41 Å². The molecule has 1 heteroatoms. The fourth-order valence-electron chi connectivity index (χ4n) is 1.73. The van der Waals surface area contributed by atoms with Crippen LogP contribution in [0.1, 0.15) is 39.7 Å². The van der Waals surface area contributed by atoms with Crippen molar-refractivity contribution in [1.82, 2.24) is 0 Å². The van der Waals surface area contributed by atoms with Crippen LogP contribution in [0.2, 0.25) is 0 Å². The lowest BCUT2D eigenvalue weighted by Gasteiger charge is -2.22. The van der Waals surface area contributed by atoms with Crippen LogP contribution in [-0.2, 0) is 5.75 Å². The third-order valence-corrected chi connectivity index (χ3v) is 3.51. The Morgan fingerprint density at radius 3 is 2.27 bits per heavy atom. The zero-order valence-corrected chi connectivity index (χ0v) is 11.1. The van der Waals surface area contributed by atoms with Gasteiger partial charge < -0.3 is 0 Å². The van der Waals surface area contributed by atoms with Crippen LogP contribution < -0.4 is 0 Å². The fourth-order valence-corrected chi connectivity index (χ4v) is 3.02. The van der Waals surface area contributed by atoms with Crippen LogP contribution >= 0.6 is 11.8 Å². The normalized spacial score (nSPS) is 13.9. The van der Waals surface area contributed by atoms with Crippen LogP contribution in [0.3, 0.4) is 0 Å². The molecule has 0 bridgehead atoms. The number of thioether (sulfide) groups is 1. The van der Waals surface area contributed by atoms with Crippen LogP contribution in [0.5, 0.6) is 0 Å². The molecule has 0 fully saturated rings. The first-order valence-electron chi connectivity index (χ1n) is 5.63. The quantitative estimate of drug-likeness (QED) is 0.709. The van der Waals surface area contributed by atoms with Crippen LogP contribution in [0.15, 0.2) is 30.3 Å². The Balaban J connectivity index is 2.32. The molecule has 1 unspecified atom stereocenters. The smallest absolute Gasteiger partial charge is 0.0187 e. The highest BCUT2D eigenvalue weighted by molar-refractivity contribution is 7.99. The maximum absolute atomic E-state index is 2.33. The second-order valence-corrected chi connectivity index (χ2v) is 6.80. The van der Waals surface area contributed by atoms with Crippen molar-refractivity contribution in [3.63, 3.8) is 0 Å². The molecule has 1 aromatic rings. The highest BCUT2D eigenvalue weighted by Gasteiger charge is 2.15. The lowest BCUT2D eigenvalue weighted by Crippen LogP contribution is -2.12. The standard InChI is InChI=1S/C14H22S/c1-12(10-14(2,3)4)15-11-13-8-6-5-7-9-13/h5-9,12H,10-11H2,1-4H3. The predicted octanol–water partition coefficient (Wildman–Crippen LogP) is 4.74. The summed E-state index contributed by atoms with van der Waals surface area (Å²) in [5, 5.41) is 0.741. The van der Waals surface area contributed by atoms with Gasteiger partial charge in [-0.15, -0.1) is 0 Å². The summed E-state index contributed by atoms with van der Waals surface area (Å²) in [5.74, 6) is 1.14. The van der Waals surface area contributed by atoms with Crippen LogP contribution in [0, 0.1) is 5.41 Å². The molecule has 0 nitrogen and oxygen atoms in total.